The number of anilines is 1. The fourth-order valence-corrected chi connectivity index (χ4v) is 2.24. The summed E-state index contributed by atoms with van der Waals surface area (Å²) in [5.74, 6) is -2.97. The molecule has 6 heteroatoms. The maximum Gasteiger partial charge on any atom is 0.308 e. The topological polar surface area (TPSA) is 49.3 Å². The van der Waals surface area contributed by atoms with Crippen LogP contribution in [0.4, 0.5) is 14.5 Å². The van der Waals surface area contributed by atoms with Gasteiger partial charge in [0.2, 0.25) is 0 Å². The first kappa shape index (κ1) is 12.3. The lowest BCUT2D eigenvalue weighted by molar-refractivity contribution is -0.144. The van der Waals surface area contributed by atoms with Gasteiger partial charge in [-0.2, -0.15) is 0 Å². The van der Waals surface area contributed by atoms with Crippen LogP contribution in [0.2, 0.25) is 0 Å². The van der Waals surface area contributed by atoms with Gasteiger partial charge in [0.05, 0.1) is 5.92 Å². The second-order valence-electron chi connectivity index (χ2n) is 4.02. The summed E-state index contributed by atoms with van der Waals surface area (Å²) in [6, 6.07) is 1.87. The highest BCUT2D eigenvalue weighted by Gasteiger charge is 2.37. The maximum atomic E-state index is 13.5. The third-order valence-corrected chi connectivity index (χ3v) is 3.39. The third-order valence-electron chi connectivity index (χ3n) is 2.93. The van der Waals surface area contributed by atoms with Crippen LogP contribution in [0.1, 0.15) is 12.8 Å². The summed E-state index contributed by atoms with van der Waals surface area (Å²) >= 11 is 2.98. The van der Waals surface area contributed by atoms with Crippen molar-refractivity contribution < 1.29 is 18.7 Å². The van der Waals surface area contributed by atoms with E-state index in [0.29, 0.717) is 17.3 Å². The van der Waals surface area contributed by atoms with Crippen molar-refractivity contribution >= 4 is 27.6 Å². The van der Waals surface area contributed by atoms with E-state index in [0.717, 1.165) is 12.1 Å². The SMILES string of the molecule is O=C(O)C1CCC1Nc1c(F)cc(Br)cc1F. The van der Waals surface area contributed by atoms with Crippen LogP contribution >= 0.6 is 15.9 Å². The van der Waals surface area contributed by atoms with E-state index in [1.165, 1.54) is 0 Å². The summed E-state index contributed by atoms with van der Waals surface area (Å²) in [5, 5.41) is 11.5. The number of aliphatic carboxylic acids is 1. The molecule has 0 aliphatic heterocycles. The molecule has 3 nitrogen and oxygen atoms in total. The van der Waals surface area contributed by atoms with Crippen molar-refractivity contribution in [3.8, 4) is 0 Å². The van der Waals surface area contributed by atoms with E-state index in [-0.39, 0.29) is 5.69 Å². The van der Waals surface area contributed by atoms with Crippen molar-refractivity contribution in [3.05, 3.63) is 28.2 Å². The second kappa shape index (κ2) is 4.60. The lowest BCUT2D eigenvalue weighted by atomic mass is 9.79. The van der Waals surface area contributed by atoms with Crippen molar-refractivity contribution in [2.45, 2.75) is 18.9 Å². The Bertz CT molecular complexity index is 444. The molecule has 92 valence electrons. The van der Waals surface area contributed by atoms with Gasteiger partial charge in [-0.1, -0.05) is 15.9 Å². The summed E-state index contributed by atoms with van der Waals surface area (Å²) in [6.07, 6.45) is 1.14. The Hall–Kier alpha value is -1.17. The number of carboxylic acids is 1. The number of carboxylic acid groups (broad SMARTS) is 1. The molecule has 0 radical (unpaired) electrons. The number of benzene rings is 1. The van der Waals surface area contributed by atoms with Gasteiger partial charge in [-0.05, 0) is 25.0 Å². The largest absolute Gasteiger partial charge is 0.481 e. The highest BCUT2D eigenvalue weighted by Crippen LogP contribution is 2.33. The van der Waals surface area contributed by atoms with Crippen molar-refractivity contribution in [2.24, 2.45) is 5.92 Å². The van der Waals surface area contributed by atoms with Crippen LogP contribution < -0.4 is 5.32 Å². The Labute approximate surface area is 105 Å². The number of nitrogens with one attached hydrogen (secondary N) is 1. The van der Waals surface area contributed by atoms with Gasteiger partial charge in [-0.25, -0.2) is 8.78 Å². The average Bonchev–Trinajstić information content (AvgIpc) is 2.12. The van der Waals surface area contributed by atoms with Crippen LogP contribution in [0.15, 0.2) is 16.6 Å². The van der Waals surface area contributed by atoms with Crippen molar-refractivity contribution in [1.82, 2.24) is 0 Å². The quantitative estimate of drug-likeness (QED) is 0.902. The summed E-state index contributed by atoms with van der Waals surface area (Å²) in [7, 11) is 0. The predicted octanol–water partition coefficient (Wildman–Crippen LogP) is 3.00. The number of hydrogen-bond donors (Lipinski definition) is 2. The van der Waals surface area contributed by atoms with Crippen molar-refractivity contribution in [1.29, 1.82) is 0 Å². The number of halogens is 3. The van der Waals surface area contributed by atoms with Gasteiger partial charge in [0.1, 0.15) is 17.3 Å². The normalized spacial score (nSPS) is 23.0. The Morgan fingerprint density at radius 2 is 1.94 bits per heavy atom. The third kappa shape index (κ3) is 2.41. The number of carbonyl (C=O) groups is 1. The predicted molar refractivity (Wildman–Crippen MR) is 61.8 cm³/mol. The van der Waals surface area contributed by atoms with E-state index in [2.05, 4.69) is 21.2 Å². The molecule has 0 saturated heterocycles. The molecule has 2 unspecified atom stereocenters. The van der Waals surface area contributed by atoms with Crippen molar-refractivity contribution in [2.75, 3.05) is 5.32 Å². The van der Waals surface area contributed by atoms with Gasteiger partial charge in [-0.15, -0.1) is 0 Å². The van der Waals surface area contributed by atoms with Gasteiger partial charge in [0.25, 0.3) is 0 Å². The molecular formula is C11H10BrF2NO2. The Morgan fingerprint density at radius 3 is 2.35 bits per heavy atom. The molecule has 1 aliphatic carbocycles. The van der Waals surface area contributed by atoms with Gasteiger partial charge < -0.3 is 10.4 Å². The zero-order valence-electron chi connectivity index (χ0n) is 8.71. The van der Waals surface area contributed by atoms with Gasteiger partial charge in [-0.3, -0.25) is 4.79 Å². The molecular weight excluding hydrogens is 296 g/mol. The average molecular weight is 306 g/mol. The van der Waals surface area contributed by atoms with Crippen LogP contribution in [0.25, 0.3) is 0 Å². The molecule has 2 N–H and O–H groups in total. The standard InChI is InChI=1S/C11H10BrF2NO2/c12-5-3-7(13)10(8(14)4-5)15-9-2-1-6(9)11(16)17/h3-4,6,9,15H,1-2H2,(H,16,17). The molecule has 2 atom stereocenters. The van der Waals surface area contributed by atoms with Crippen molar-refractivity contribution in [3.63, 3.8) is 0 Å². The molecule has 0 amide bonds. The van der Waals surface area contributed by atoms with Crippen LogP contribution in [-0.4, -0.2) is 17.1 Å². The summed E-state index contributed by atoms with van der Waals surface area (Å²) in [4.78, 5) is 10.8. The fourth-order valence-electron chi connectivity index (χ4n) is 1.83. The number of rotatable bonds is 3. The molecule has 17 heavy (non-hydrogen) atoms. The Morgan fingerprint density at radius 1 is 1.35 bits per heavy atom. The zero-order valence-corrected chi connectivity index (χ0v) is 10.3. The van der Waals surface area contributed by atoms with E-state index >= 15 is 0 Å². The van der Waals surface area contributed by atoms with Crippen LogP contribution in [0, 0.1) is 17.6 Å². The van der Waals surface area contributed by atoms with E-state index in [9.17, 15) is 13.6 Å². The smallest absolute Gasteiger partial charge is 0.308 e. The highest BCUT2D eigenvalue weighted by molar-refractivity contribution is 9.10. The van der Waals surface area contributed by atoms with E-state index < -0.39 is 29.6 Å². The monoisotopic (exact) mass is 305 g/mol. The number of hydrogen-bond acceptors (Lipinski definition) is 2. The van der Waals surface area contributed by atoms with E-state index in [1.54, 1.807) is 0 Å². The minimum Gasteiger partial charge on any atom is -0.481 e. The summed E-state index contributed by atoms with van der Waals surface area (Å²) in [5.41, 5.74) is -0.260. The van der Waals surface area contributed by atoms with E-state index in [1.807, 2.05) is 0 Å². The lowest BCUT2D eigenvalue weighted by Crippen LogP contribution is -2.43. The first-order chi connectivity index (χ1) is 7.99. The summed E-state index contributed by atoms with van der Waals surface area (Å²) < 4.78 is 27.3. The van der Waals surface area contributed by atoms with E-state index in [4.69, 9.17) is 5.11 Å². The molecule has 2 rings (SSSR count). The first-order valence-corrected chi connectivity index (χ1v) is 5.92. The summed E-state index contributed by atoms with van der Waals surface area (Å²) in [6.45, 7) is 0. The van der Waals surface area contributed by atoms with Gasteiger partial charge in [0, 0.05) is 10.5 Å². The molecule has 0 bridgehead atoms. The molecule has 0 spiro atoms. The molecule has 1 saturated carbocycles. The zero-order chi connectivity index (χ0) is 12.6. The molecule has 1 aromatic carbocycles. The molecule has 0 heterocycles. The molecule has 1 aromatic rings. The minimum absolute atomic E-state index is 0.260. The van der Waals surface area contributed by atoms with Gasteiger partial charge >= 0.3 is 5.97 Å². The Balaban J connectivity index is 2.17. The minimum atomic E-state index is -0.938. The molecule has 0 aromatic heterocycles. The Kier molecular flexibility index (Phi) is 3.33. The molecule has 1 fully saturated rings. The van der Waals surface area contributed by atoms with Gasteiger partial charge in [0.15, 0.2) is 0 Å². The lowest BCUT2D eigenvalue weighted by Gasteiger charge is -2.34. The van der Waals surface area contributed by atoms with Crippen LogP contribution in [0.5, 0.6) is 0 Å². The molecule has 1 aliphatic rings. The second-order valence-corrected chi connectivity index (χ2v) is 4.93. The maximum absolute atomic E-state index is 13.5. The highest BCUT2D eigenvalue weighted by atomic mass is 79.9. The van der Waals surface area contributed by atoms with Crippen LogP contribution in [0.3, 0.4) is 0 Å². The first-order valence-electron chi connectivity index (χ1n) is 5.13. The van der Waals surface area contributed by atoms with Crippen LogP contribution in [-0.2, 0) is 4.79 Å². The fraction of sp³-hybridized carbons (Fsp3) is 0.364.